The molecular formula is C14H17N3. The number of hydrogen-bond donors (Lipinski definition) is 1. The molecule has 2 aromatic rings. The maximum atomic E-state index is 6.42. The molecule has 0 aliphatic heterocycles. The number of hydrogen-bond acceptors (Lipinski definition) is 2. The van der Waals surface area contributed by atoms with Crippen LogP contribution in [0.2, 0.25) is 0 Å². The fourth-order valence-electron chi connectivity index (χ4n) is 2.57. The summed E-state index contributed by atoms with van der Waals surface area (Å²) >= 11 is 0. The van der Waals surface area contributed by atoms with Gasteiger partial charge in [0, 0.05) is 17.9 Å². The molecule has 1 saturated carbocycles. The lowest BCUT2D eigenvalue weighted by atomic mass is 10.0. The van der Waals surface area contributed by atoms with E-state index in [2.05, 4.69) is 36.3 Å². The molecule has 2 atom stereocenters. The molecule has 0 spiro atoms. The third kappa shape index (κ3) is 1.67. The molecule has 0 radical (unpaired) electrons. The van der Waals surface area contributed by atoms with Gasteiger partial charge in [-0.25, -0.2) is 4.68 Å². The molecule has 0 amide bonds. The zero-order chi connectivity index (χ0) is 11.9. The van der Waals surface area contributed by atoms with Gasteiger partial charge in [0.25, 0.3) is 0 Å². The molecule has 1 fully saturated rings. The maximum Gasteiger partial charge on any atom is 0.0648 e. The smallest absolute Gasteiger partial charge is 0.0648 e. The van der Waals surface area contributed by atoms with Crippen LogP contribution in [0.15, 0.2) is 42.7 Å². The van der Waals surface area contributed by atoms with E-state index < -0.39 is 0 Å². The summed E-state index contributed by atoms with van der Waals surface area (Å²) in [4.78, 5) is 0. The SMILES string of the molecule is CC[C@H]1C[C@@]1(N)c1cccc(-n2cccn2)c1. The molecule has 1 aliphatic rings. The zero-order valence-electron chi connectivity index (χ0n) is 10.0. The molecular weight excluding hydrogens is 210 g/mol. The van der Waals surface area contributed by atoms with Crippen LogP contribution in [0.4, 0.5) is 0 Å². The van der Waals surface area contributed by atoms with Gasteiger partial charge >= 0.3 is 0 Å². The van der Waals surface area contributed by atoms with Crippen LogP contribution >= 0.6 is 0 Å². The van der Waals surface area contributed by atoms with E-state index in [0.717, 1.165) is 18.5 Å². The lowest BCUT2D eigenvalue weighted by molar-refractivity contribution is 0.614. The average Bonchev–Trinajstić information content (AvgIpc) is 2.81. The maximum absolute atomic E-state index is 6.42. The first-order chi connectivity index (χ1) is 8.24. The van der Waals surface area contributed by atoms with Crippen LogP contribution in [-0.4, -0.2) is 9.78 Å². The van der Waals surface area contributed by atoms with Crippen molar-refractivity contribution in [2.75, 3.05) is 0 Å². The van der Waals surface area contributed by atoms with Gasteiger partial charge in [0.15, 0.2) is 0 Å². The monoisotopic (exact) mass is 227 g/mol. The Hall–Kier alpha value is -1.61. The van der Waals surface area contributed by atoms with Crippen molar-refractivity contribution in [3.8, 4) is 5.69 Å². The number of rotatable bonds is 3. The van der Waals surface area contributed by atoms with Crippen LogP contribution in [0.25, 0.3) is 5.69 Å². The van der Waals surface area contributed by atoms with E-state index in [9.17, 15) is 0 Å². The fraction of sp³-hybridized carbons (Fsp3) is 0.357. The van der Waals surface area contributed by atoms with Gasteiger partial charge in [-0.1, -0.05) is 25.5 Å². The minimum absolute atomic E-state index is 0.0993. The highest BCUT2D eigenvalue weighted by atomic mass is 15.3. The predicted octanol–water partition coefficient (Wildman–Crippen LogP) is 2.46. The Morgan fingerprint density at radius 3 is 3.00 bits per heavy atom. The molecule has 17 heavy (non-hydrogen) atoms. The molecule has 88 valence electrons. The van der Waals surface area contributed by atoms with Crippen molar-refractivity contribution in [2.45, 2.75) is 25.3 Å². The summed E-state index contributed by atoms with van der Waals surface area (Å²) in [6.07, 6.45) is 6.00. The van der Waals surface area contributed by atoms with E-state index in [1.54, 1.807) is 6.20 Å². The average molecular weight is 227 g/mol. The van der Waals surface area contributed by atoms with Crippen molar-refractivity contribution in [3.05, 3.63) is 48.3 Å². The minimum Gasteiger partial charge on any atom is -0.321 e. The van der Waals surface area contributed by atoms with Crippen molar-refractivity contribution >= 4 is 0 Å². The lowest BCUT2D eigenvalue weighted by Crippen LogP contribution is -2.22. The van der Waals surface area contributed by atoms with Gasteiger partial charge in [0.05, 0.1) is 5.69 Å². The Kier molecular flexibility index (Phi) is 2.30. The summed E-state index contributed by atoms with van der Waals surface area (Å²) in [5.74, 6) is 0.635. The van der Waals surface area contributed by atoms with Crippen molar-refractivity contribution in [2.24, 2.45) is 11.7 Å². The highest BCUT2D eigenvalue weighted by Crippen LogP contribution is 2.51. The number of benzene rings is 1. The van der Waals surface area contributed by atoms with Gasteiger partial charge in [-0.05, 0) is 36.1 Å². The van der Waals surface area contributed by atoms with E-state index in [0.29, 0.717) is 5.92 Å². The van der Waals surface area contributed by atoms with E-state index in [1.807, 2.05) is 16.9 Å². The van der Waals surface area contributed by atoms with Gasteiger partial charge in [-0.15, -0.1) is 0 Å². The highest BCUT2D eigenvalue weighted by molar-refractivity contribution is 5.41. The van der Waals surface area contributed by atoms with Crippen molar-refractivity contribution in [1.82, 2.24) is 9.78 Å². The van der Waals surface area contributed by atoms with Gasteiger partial charge in [0.2, 0.25) is 0 Å². The summed E-state index contributed by atoms with van der Waals surface area (Å²) in [6.45, 7) is 2.20. The van der Waals surface area contributed by atoms with Crippen LogP contribution in [-0.2, 0) is 5.54 Å². The molecule has 1 aromatic heterocycles. The quantitative estimate of drug-likeness (QED) is 0.875. The van der Waals surface area contributed by atoms with E-state index >= 15 is 0 Å². The first-order valence-corrected chi connectivity index (χ1v) is 6.13. The number of nitrogens with zero attached hydrogens (tertiary/aromatic N) is 2. The number of aromatic nitrogens is 2. The van der Waals surface area contributed by atoms with E-state index in [-0.39, 0.29) is 5.54 Å². The second-order valence-electron chi connectivity index (χ2n) is 4.85. The Morgan fingerprint density at radius 2 is 2.35 bits per heavy atom. The highest BCUT2D eigenvalue weighted by Gasteiger charge is 2.50. The molecule has 1 aliphatic carbocycles. The Labute approximate surface area is 101 Å². The van der Waals surface area contributed by atoms with Crippen LogP contribution in [0.5, 0.6) is 0 Å². The topological polar surface area (TPSA) is 43.8 Å². The zero-order valence-corrected chi connectivity index (χ0v) is 10.0. The standard InChI is InChI=1S/C14H17N3/c1-2-11-10-14(11,15)12-5-3-6-13(9-12)17-8-4-7-16-17/h3-9,11H,2,10,15H2,1H3/t11-,14-/m0/s1. The third-order valence-electron chi connectivity index (χ3n) is 3.80. The second kappa shape index (κ2) is 3.70. The summed E-state index contributed by atoms with van der Waals surface area (Å²) in [7, 11) is 0. The van der Waals surface area contributed by atoms with Crippen molar-refractivity contribution in [1.29, 1.82) is 0 Å². The molecule has 0 unspecified atom stereocenters. The van der Waals surface area contributed by atoms with Crippen LogP contribution < -0.4 is 5.73 Å². The lowest BCUT2D eigenvalue weighted by Gasteiger charge is -2.13. The Balaban J connectivity index is 1.96. The summed E-state index contributed by atoms with van der Waals surface area (Å²) < 4.78 is 1.87. The minimum atomic E-state index is -0.0993. The summed E-state index contributed by atoms with van der Waals surface area (Å²) in [5, 5.41) is 4.25. The van der Waals surface area contributed by atoms with Crippen LogP contribution in [0.1, 0.15) is 25.3 Å². The fourth-order valence-corrected chi connectivity index (χ4v) is 2.57. The molecule has 3 rings (SSSR count). The van der Waals surface area contributed by atoms with Gasteiger partial charge in [0.1, 0.15) is 0 Å². The normalized spacial score (nSPS) is 27.1. The first-order valence-electron chi connectivity index (χ1n) is 6.13. The molecule has 2 N–H and O–H groups in total. The largest absolute Gasteiger partial charge is 0.321 e. The Morgan fingerprint density at radius 1 is 1.47 bits per heavy atom. The van der Waals surface area contributed by atoms with Crippen molar-refractivity contribution < 1.29 is 0 Å². The van der Waals surface area contributed by atoms with Gasteiger partial charge in [-0.2, -0.15) is 5.10 Å². The second-order valence-corrected chi connectivity index (χ2v) is 4.85. The third-order valence-corrected chi connectivity index (χ3v) is 3.80. The summed E-state index contributed by atoms with van der Waals surface area (Å²) in [5.41, 5.74) is 8.63. The van der Waals surface area contributed by atoms with Gasteiger partial charge in [-0.3, -0.25) is 0 Å². The van der Waals surface area contributed by atoms with E-state index in [4.69, 9.17) is 5.73 Å². The molecule has 1 aromatic carbocycles. The molecule has 0 bridgehead atoms. The molecule has 3 nitrogen and oxygen atoms in total. The van der Waals surface area contributed by atoms with Crippen molar-refractivity contribution in [3.63, 3.8) is 0 Å². The van der Waals surface area contributed by atoms with Crippen LogP contribution in [0, 0.1) is 5.92 Å². The molecule has 3 heteroatoms. The molecule has 1 heterocycles. The molecule has 0 saturated heterocycles. The Bertz CT molecular complexity index is 518. The van der Waals surface area contributed by atoms with Gasteiger partial charge < -0.3 is 5.73 Å². The summed E-state index contributed by atoms with van der Waals surface area (Å²) in [6, 6.07) is 10.3. The first kappa shape index (κ1) is 10.5. The van der Waals surface area contributed by atoms with Crippen LogP contribution in [0.3, 0.4) is 0 Å². The van der Waals surface area contributed by atoms with E-state index in [1.165, 1.54) is 5.56 Å². The predicted molar refractivity (Wildman–Crippen MR) is 67.8 cm³/mol. The number of nitrogens with two attached hydrogens (primary N) is 1.